The summed E-state index contributed by atoms with van der Waals surface area (Å²) in [7, 11) is 0. The van der Waals surface area contributed by atoms with Crippen molar-refractivity contribution in [1.82, 2.24) is 0 Å². The minimum atomic E-state index is 0.232. The van der Waals surface area contributed by atoms with E-state index in [0.29, 0.717) is 17.4 Å². The first kappa shape index (κ1) is 14.3. The number of rotatable bonds is 1. The van der Waals surface area contributed by atoms with Gasteiger partial charge in [0.25, 0.3) is 0 Å². The lowest BCUT2D eigenvalue weighted by molar-refractivity contribution is -0.173. The molecule has 0 aromatic rings. The largest absolute Gasteiger partial charge is 0.396 e. The Morgan fingerprint density at radius 3 is 2.67 bits per heavy atom. The highest BCUT2D eigenvalue weighted by Gasteiger charge is 2.64. The molecule has 0 aromatic carbocycles. The molecule has 118 valence electrons. The first-order valence-corrected chi connectivity index (χ1v) is 9.22. The second kappa shape index (κ2) is 4.37. The third-order valence-corrected chi connectivity index (χ3v) is 8.37. The first-order valence-electron chi connectivity index (χ1n) is 9.22. The van der Waals surface area contributed by atoms with E-state index in [1.165, 1.54) is 57.8 Å². The van der Waals surface area contributed by atoms with E-state index in [0.717, 1.165) is 17.8 Å². The van der Waals surface area contributed by atoms with Crippen LogP contribution in [0.5, 0.6) is 0 Å². The molecular formula is C20H32O. The molecule has 4 saturated carbocycles. The van der Waals surface area contributed by atoms with E-state index in [2.05, 4.69) is 20.4 Å². The smallest absolute Gasteiger partial charge is 0.0493 e. The molecule has 0 heterocycles. The van der Waals surface area contributed by atoms with Gasteiger partial charge in [-0.05, 0) is 80.0 Å². The summed E-state index contributed by atoms with van der Waals surface area (Å²) in [6.45, 7) is 9.78. The Morgan fingerprint density at radius 2 is 1.90 bits per heavy atom. The summed E-state index contributed by atoms with van der Waals surface area (Å²) >= 11 is 0. The molecule has 0 saturated heterocycles. The minimum Gasteiger partial charge on any atom is -0.396 e. The lowest BCUT2D eigenvalue weighted by Gasteiger charge is -2.64. The highest BCUT2D eigenvalue weighted by atomic mass is 16.3. The van der Waals surface area contributed by atoms with E-state index < -0.39 is 0 Å². The van der Waals surface area contributed by atoms with Crippen LogP contribution < -0.4 is 0 Å². The monoisotopic (exact) mass is 288 g/mol. The average molecular weight is 288 g/mol. The number of fused-ring (bicyclic) bond motifs is 3. The fraction of sp³-hybridized carbons (Fsp3) is 0.900. The lowest BCUT2D eigenvalue weighted by Crippen LogP contribution is -2.58. The molecule has 0 aliphatic heterocycles. The van der Waals surface area contributed by atoms with Crippen molar-refractivity contribution < 1.29 is 5.11 Å². The Balaban J connectivity index is 1.77. The van der Waals surface area contributed by atoms with Crippen molar-refractivity contribution >= 4 is 0 Å². The zero-order valence-electron chi connectivity index (χ0n) is 14.0. The maximum Gasteiger partial charge on any atom is 0.0493 e. The van der Waals surface area contributed by atoms with Crippen LogP contribution in [0.15, 0.2) is 12.2 Å². The summed E-state index contributed by atoms with van der Waals surface area (Å²) in [6, 6.07) is 0. The predicted octanol–water partition coefficient (Wildman–Crippen LogP) is 4.95. The zero-order chi connectivity index (χ0) is 14.9. The molecule has 1 heteroatoms. The Kier molecular flexibility index (Phi) is 2.98. The van der Waals surface area contributed by atoms with Crippen molar-refractivity contribution in [3.63, 3.8) is 0 Å². The maximum atomic E-state index is 10.5. The summed E-state index contributed by atoms with van der Waals surface area (Å²) in [6.07, 6.45) is 12.1. The van der Waals surface area contributed by atoms with E-state index in [9.17, 15) is 5.11 Å². The van der Waals surface area contributed by atoms with Gasteiger partial charge in [-0.2, -0.15) is 0 Å². The number of aliphatic hydroxyl groups excluding tert-OH is 1. The Hall–Kier alpha value is -0.300. The summed E-state index contributed by atoms with van der Waals surface area (Å²) in [5.41, 5.74) is 2.72. The number of allylic oxidation sites excluding steroid dienone is 1. The molecule has 4 rings (SSSR count). The van der Waals surface area contributed by atoms with E-state index in [-0.39, 0.29) is 5.41 Å². The highest BCUT2D eigenvalue weighted by Crippen LogP contribution is 2.72. The molecule has 4 fully saturated rings. The zero-order valence-corrected chi connectivity index (χ0v) is 14.0. The van der Waals surface area contributed by atoms with E-state index in [4.69, 9.17) is 0 Å². The third kappa shape index (κ3) is 1.73. The quantitative estimate of drug-likeness (QED) is 0.677. The second-order valence-electron chi connectivity index (χ2n) is 9.55. The van der Waals surface area contributed by atoms with Crippen LogP contribution in [0.4, 0.5) is 0 Å². The Labute approximate surface area is 130 Å². The van der Waals surface area contributed by atoms with Gasteiger partial charge in [0.1, 0.15) is 0 Å². The SMILES string of the molecule is C=C1C[C@]23CC[C@H]4C(C)(C)CCC[C@]4(CO)[C@H]2CC[C@@H]1C3. The Morgan fingerprint density at radius 1 is 1.10 bits per heavy atom. The van der Waals surface area contributed by atoms with Crippen LogP contribution in [-0.2, 0) is 0 Å². The molecule has 1 spiro atoms. The second-order valence-corrected chi connectivity index (χ2v) is 9.55. The molecule has 4 aliphatic rings. The number of hydrogen-bond acceptors (Lipinski definition) is 1. The van der Waals surface area contributed by atoms with Gasteiger partial charge in [-0.15, -0.1) is 0 Å². The lowest BCUT2D eigenvalue weighted by atomic mass is 9.41. The minimum absolute atomic E-state index is 0.232. The van der Waals surface area contributed by atoms with Crippen LogP contribution in [0.3, 0.4) is 0 Å². The number of aliphatic hydroxyl groups is 1. The van der Waals surface area contributed by atoms with Gasteiger partial charge < -0.3 is 5.11 Å². The van der Waals surface area contributed by atoms with Gasteiger partial charge in [-0.1, -0.05) is 32.4 Å². The molecule has 4 aliphatic carbocycles. The standard InChI is InChI=1S/C20H32O/c1-14-11-19-10-7-16-18(2,3)8-4-9-20(16,13-21)17(19)6-5-15(14)12-19/h15-17,21H,1,4-13H2,2-3H3/t15-,16+,17+,19+,20-/m1/s1. The van der Waals surface area contributed by atoms with E-state index in [1.54, 1.807) is 5.57 Å². The van der Waals surface area contributed by atoms with Crippen LogP contribution in [0.1, 0.15) is 71.6 Å². The molecular weight excluding hydrogens is 256 g/mol. The van der Waals surface area contributed by atoms with Gasteiger partial charge in [0.05, 0.1) is 0 Å². The number of hydrogen-bond donors (Lipinski definition) is 1. The third-order valence-electron chi connectivity index (χ3n) is 8.37. The van der Waals surface area contributed by atoms with Gasteiger partial charge in [0.15, 0.2) is 0 Å². The Bertz CT molecular complexity index is 464. The molecule has 0 unspecified atom stereocenters. The molecule has 21 heavy (non-hydrogen) atoms. The summed E-state index contributed by atoms with van der Waals surface area (Å²) < 4.78 is 0. The van der Waals surface area contributed by atoms with Crippen molar-refractivity contribution in [2.75, 3.05) is 6.61 Å². The van der Waals surface area contributed by atoms with Gasteiger partial charge in [0.2, 0.25) is 0 Å². The topological polar surface area (TPSA) is 20.2 Å². The van der Waals surface area contributed by atoms with Crippen LogP contribution in [-0.4, -0.2) is 11.7 Å². The average Bonchev–Trinajstić information content (AvgIpc) is 2.67. The highest BCUT2D eigenvalue weighted by molar-refractivity contribution is 5.22. The summed E-state index contributed by atoms with van der Waals surface area (Å²) in [5, 5.41) is 10.5. The van der Waals surface area contributed by atoms with Crippen LogP contribution in [0, 0.1) is 34.0 Å². The van der Waals surface area contributed by atoms with Crippen LogP contribution in [0.25, 0.3) is 0 Å². The van der Waals surface area contributed by atoms with Crippen LogP contribution in [0.2, 0.25) is 0 Å². The maximum absolute atomic E-state index is 10.5. The van der Waals surface area contributed by atoms with Crippen molar-refractivity contribution in [2.24, 2.45) is 34.0 Å². The molecule has 5 atom stereocenters. The molecule has 0 aromatic heterocycles. The normalized spacial score (nSPS) is 51.4. The van der Waals surface area contributed by atoms with Crippen molar-refractivity contribution in [2.45, 2.75) is 71.6 Å². The van der Waals surface area contributed by atoms with Crippen molar-refractivity contribution in [3.8, 4) is 0 Å². The molecule has 1 N–H and O–H groups in total. The molecule has 0 radical (unpaired) electrons. The van der Waals surface area contributed by atoms with Gasteiger partial charge in [-0.3, -0.25) is 0 Å². The molecule has 1 nitrogen and oxygen atoms in total. The molecule has 2 bridgehead atoms. The van der Waals surface area contributed by atoms with Gasteiger partial charge in [-0.25, -0.2) is 0 Å². The van der Waals surface area contributed by atoms with Gasteiger partial charge >= 0.3 is 0 Å². The van der Waals surface area contributed by atoms with Gasteiger partial charge in [0, 0.05) is 12.0 Å². The van der Waals surface area contributed by atoms with Crippen LogP contribution >= 0.6 is 0 Å². The summed E-state index contributed by atoms with van der Waals surface area (Å²) in [5.74, 6) is 2.32. The van der Waals surface area contributed by atoms with E-state index in [1.807, 2.05) is 0 Å². The fourth-order valence-electron chi connectivity index (χ4n) is 7.64. The van der Waals surface area contributed by atoms with Crippen molar-refractivity contribution in [3.05, 3.63) is 12.2 Å². The first-order chi connectivity index (χ1) is 9.94. The fourth-order valence-corrected chi connectivity index (χ4v) is 7.64. The van der Waals surface area contributed by atoms with E-state index >= 15 is 0 Å². The molecule has 0 amide bonds. The summed E-state index contributed by atoms with van der Waals surface area (Å²) in [4.78, 5) is 0. The predicted molar refractivity (Wildman–Crippen MR) is 86.9 cm³/mol. The van der Waals surface area contributed by atoms with Crippen molar-refractivity contribution in [1.29, 1.82) is 0 Å².